The van der Waals surface area contributed by atoms with Gasteiger partial charge in [0.25, 0.3) is 0 Å². The molecule has 1 saturated heterocycles. The molecule has 5 nitrogen and oxygen atoms in total. The zero-order valence-electron chi connectivity index (χ0n) is 15.4. The number of rotatable bonds is 7. The smallest absolute Gasteiger partial charge is 0.227 e. The molecule has 0 N–H and O–H groups in total. The summed E-state index contributed by atoms with van der Waals surface area (Å²) in [5, 5.41) is 0. The number of carbonyl (C=O) groups is 1. The number of morpholine rings is 1. The third-order valence-corrected chi connectivity index (χ3v) is 4.54. The van der Waals surface area contributed by atoms with Crippen LogP contribution in [0.5, 0.6) is 5.75 Å². The third-order valence-electron chi connectivity index (χ3n) is 4.54. The summed E-state index contributed by atoms with van der Waals surface area (Å²) in [6, 6.07) is 14.0. The van der Waals surface area contributed by atoms with E-state index in [1.54, 1.807) is 30.2 Å². The zero-order valence-corrected chi connectivity index (χ0v) is 15.4. The SMILES string of the molecule is COc1ccccc1CC(=O)N1CCOC(COCc2ccccc2F)C1. The van der Waals surface area contributed by atoms with Gasteiger partial charge in [0.15, 0.2) is 0 Å². The highest BCUT2D eigenvalue weighted by Gasteiger charge is 2.25. The lowest BCUT2D eigenvalue weighted by Crippen LogP contribution is -2.47. The first kappa shape index (κ1) is 19.3. The monoisotopic (exact) mass is 373 g/mol. The highest BCUT2D eigenvalue weighted by atomic mass is 19.1. The zero-order chi connectivity index (χ0) is 19.1. The Labute approximate surface area is 158 Å². The Balaban J connectivity index is 1.50. The number of methoxy groups -OCH3 is 1. The van der Waals surface area contributed by atoms with Crippen molar-refractivity contribution >= 4 is 5.91 Å². The lowest BCUT2D eigenvalue weighted by molar-refractivity contribution is -0.140. The Morgan fingerprint density at radius 1 is 1.19 bits per heavy atom. The molecule has 0 aliphatic carbocycles. The van der Waals surface area contributed by atoms with Crippen molar-refractivity contribution in [1.82, 2.24) is 4.90 Å². The van der Waals surface area contributed by atoms with Crippen molar-refractivity contribution in [1.29, 1.82) is 0 Å². The summed E-state index contributed by atoms with van der Waals surface area (Å²) in [6.45, 7) is 1.98. The van der Waals surface area contributed by atoms with Gasteiger partial charge >= 0.3 is 0 Å². The second-order valence-corrected chi connectivity index (χ2v) is 6.43. The van der Waals surface area contributed by atoms with Crippen molar-refractivity contribution in [3.8, 4) is 5.75 Å². The molecule has 144 valence electrons. The van der Waals surface area contributed by atoms with Gasteiger partial charge in [0.2, 0.25) is 5.91 Å². The number of carbonyl (C=O) groups excluding carboxylic acids is 1. The molecule has 1 amide bonds. The van der Waals surface area contributed by atoms with Crippen molar-refractivity contribution < 1.29 is 23.4 Å². The molecule has 1 fully saturated rings. The van der Waals surface area contributed by atoms with E-state index in [1.807, 2.05) is 24.3 Å². The molecule has 1 aliphatic heterocycles. The molecular weight excluding hydrogens is 349 g/mol. The van der Waals surface area contributed by atoms with Crippen molar-refractivity contribution in [2.24, 2.45) is 0 Å². The molecule has 0 bridgehead atoms. The standard InChI is InChI=1S/C21H24FNO4/c1-25-20-9-5-3-6-16(20)12-21(24)23-10-11-27-18(13-23)15-26-14-17-7-2-4-8-19(17)22/h2-9,18H,10-15H2,1H3. The van der Waals surface area contributed by atoms with E-state index in [-0.39, 0.29) is 30.9 Å². The quantitative estimate of drug-likeness (QED) is 0.749. The molecule has 0 saturated carbocycles. The number of ether oxygens (including phenoxy) is 3. The molecule has 6 heteroatoms. The van der Waals surface area contributed by atoms with Crippen LogP contribution in [0.25, 0.3) is 0 Å². The summed E-state index contributed by atoms with van der Waals surface area (Å²) in [7, 11) is 1.60. The van der Waals surface area contributed by atoms with Crippen LogP contribution >= 0.6 is 0 Å². The highest BCUT2D eigenvalue weighted by Crippen LogP contribution is 2.19. The van der Waals surface area contributed by atoms with Gasteiger partial charge in [-0.2, -0.15) is 0 Å². The lowest BCUT2D eigenvalue weighted by atomic mass is 10.1. The average molecular weight is 373 g/mol. The molecule has 1 aliphatic rings. The Bertz CT molecular complexity index is 767. The largest absolute Gasteiger partial charge is 0.496 e. The molecule has 3 rings (SSSR count). The van der Waals surface area contributed by atoms with E-state index >= 15 is 0 Å². The third kappa shape index (κ3) is 5.28. The fraction of sp³-hybridized carbons (Fsp3) is 0.381. The molecular formula is C21H24FNO4. The van der Waals surface area contributed by atoms with E-state index in [0.29, 0.717) is 37.6 Å². The molecule has 0 radical (unpaired) electrons. The first-order valence-electron chi connectivity index (χ1n) is 9.00. The number of hydrogen-bond acceptors (Lipinski definition) is 4. The highest BCUT2D eigenvalue weighted by molar-refractivity contribution is 5.79. The van der Waals surface area contributed by atoms with Crippen LogP contribution in [0.2, 0.25) is 0 Å². The predicted octanol–water partition coefficient (Wildman–Crippen LogP) is 2.82. The van der Waals surface area contributed by atoms with Gasteiger partial charge in [0.05, 0.1) is 39.5 Å². The van der Waals surface area contributed by atoms with Gasteiger partial charge < -0.3 is 19.1 Å². The van der Waals surface area contributed by atoms with Crippen LogP contribution in [-0.2, 0) is 27.3 Å². The summed E-state index contributed by atoms with van der Waals surface area (Å²) in [5.74, 6) is 0.460. The molecule has 2 aromatic rings. The molecule has 0 spiro atoms. The maximum Gasteiger partial charge on any atom is 0.227 e. The lowest BCUT2D eigenvalue weighted by Gasteiger charge is -2.33. The van der Waals surface area contributed by atoms with E-state index in [0.717, 1.165) is 5.56 Å². The Hall–Kier alpha value is -2.44. The second-order valence-electron chi connectivity index (χ2n) is 6.43. The van der Waals surface area contributed by atoms with Gasteiger partial charge in [-0.15, -0.1) is 0 Å². The summed E-state index contributed by atoms with van der Waals surface area (Å²) in [4.78, 5) is 14.4. The van der Waals surface area contributed by atoms with Crippen LogP contribution in [0, 0.1) is 5.82 Å². The van der Waals surface area contributed by atoms with Crippen LogP contribution in [0.15, 0.2) is 48.5 Å². The molecule has 2 aromatic carbocycles. The Kier molecular flexibility index (Phi) is 6.79. The number of halogens is 1. The van der Waals surface area contributed by atoms with E-state index < -0.39 is 0 Å². The average Bonchev–Trinajstić information content (AvgIpc) is 2.70. The summed E-state index contributed by atoms with van der Waals surface area (Å²) < 4.78 is 30.2. The number of nitrogens with zero attached hydrogens (tertiary/aromatic N) is 1. The van der Waals surface area contributed by atoms with Gasteiger partial charge in [-0.05, 0) is 12.1 Å². The summed E-state index contributed by atoms with van der Waals surface area (Å²) in [5.41, 5.74) is 1.38. The Morgan fingerprint density at radius 2 is 1.93 bits per heavy atom. The fourth-order valence-electron chi connectivity index (χ4n) is 3.09. The number of amides is 1. The van der Waals surface area contributed by atoms with Gasteiger partial charge in [-0.3, -0.25) is 4.79 Å². The first-order chi connectivity index (χ1) is 13.2. The second kappa shape index (κ2) is 9.48. The number of para-hydroxylation sites is 1. The van der Waals surface area contributed by atoms with Crippen molar-refractivity contribution in [3.63, 3.8) is 0 Å². The maximum absolute atomic E-state index is 13.6. The molecule has 1 atom stereocenters. The van der Waals surface area contributed by atoms with Crippen LogP contribution in [0.3, 0.4) is 0 Å². The molecule has 1 heterocycles. The molecule has 1 unspecified atom stereocenters. The van der Waals surface area contributed by atoms with Gasteiger partial charge in [0, 0.05) is 24.2 Å². The van der Waals surface area contributed by atoms with Crippen LogP contribution in [0.1, 0.15) is 11.1 Å². The topological polar surface area (TPSA) is 48.0 Å². The van der Waals surface area contributed by atoms with Gasteiger partial charge in [0.1, 0.15) is 11.6 Å². The van der Waals surface area contributed by atoms with Gasteiger partial charge in [-0.1, -0.05) is 36.4 Å². The normalized spacial score (nSPS) is 17.0. The van der Waals surface area contributed by atoms with Crippen molar-refractivity contribution in [3.05, 3.63) is 65.5 Å². The van der Waals surface area contributed by atoms with Crippen LogP contribution in [0.4, 0.5) is 4.39 Å². The summed E-state index contributed by atoms with van der Waals surface area (Å²) >= 11 is 0. The minimum Gasteiger partial charge on any atom is -0.496 e. The van der Waals surface area contributed by atoms with Crippen LogP contribution in [-0.4, -0.2) is 50.3 Å². The van der Waals surface area contributed by atoms with Crippen molar-refractivity contribution in [2.45, 2.75) is 19.1 Å². The minimum absolute atomic E-state index is 0.0295. The minimum atomic E-state index is -0.282. The van der Waals surface area contributed by atoms with E-state index in [1.165, 1.54) is 6.07 Å². The molecule has 27 heavy (non-hydrogen) atoms. The van der Waals surface area contributed by atoms with Crippen LogP contribution < -0.4 is 4.74 Å². The van der Waals surface area contributed by atoms with Gasteiger partial charge in [-0.25, -0.2) is 4.39 Å². The number of hydrogen-bond donors (Lipinski definition) is 0. The fourth-order valence-corrected chi connectivity index (χ4v) is 3.09. The van der Waals surface area contributed by atoms with E-state index in [2.05, 4.69) is 0 Å². The van der Waals surface area contributed by atoms with E-state index in [4.69, 9.17) is 14.2 Å². The number of benzene rings is 2. The maximum atomic E-state index is 13.6. The Morgan fingerprint density at radius 3 is 2.70 bits per heavy atom. The summed E-state index contributed by atoms with van der Waals surface area (Å²) in [6.07, 6.45) is 0.0689. The van der Waals surface area contributed by atoms with E-state index in [9.17, 15) is 9.18 Å². The predicted molar refractivity (Wildman–Crippen MR) is 99.1 cm³/mol. The van der Waals surface area contributed by atoms with Crippen molar-refractivity contribution in [2.75, 3.05) is 33.4 Å². The first-order valence-corrected chi connectivity index (χ1v) is 9.00. The molecule has 0 aromatic heterocycles.